The van der Waals surface area contributed by atoms with Crippen molar-refractivity contribution in [1.29, 1.82) is 0 Å². The zero-order chi connectivity index (χ0) is 26.2. The Morgan fingerprint density at radius 1 is 1.19 bits per heavy atom. The van der Waals surface area contributed by atoms with Crippen LogP contribution in [0.1, 0.15) is 22.8 Å². The van der Waals surface area contributed by atoms with Crippen LogP contribution in [0.4, 0.5) is 10.6 Å². The number of halogens is 2. The summed E-state index contributed by atoms with van der Waals surface area (Å²) in [6, 6.07) is 6.15. The van der Waals surface area contributed by atoms with Crippen LogP contribution in [-0.4, -0.2) is 71.2 Å². The summed E-state index contributed by atoms with van der Waals surface area (Å²) >= 11 is 13.6. The van der Waals surface area contributed by atoms with Crippen molar-refractivity contribution in [1.82, 2.24) is 15.2 Å². The molecule has 192 valence electrons. The second kappa shape index (κ2) is 12.8. The minimum absolute atomic E-state index is 0.0786. The van der Waals surface area contributed by atoms with E-state index in [0.717, 1.165) is 0 Å². The standard InChI is InChI=1S/C23H24Cl2N4O6S/c1-3-35-23(33)29-12-36-11-17(29)20(30)27-16(22(32)34-2)9-13-7-8-18(26-10-13)28-21(31)19-14(24)5-4-6-15(19)25/h4-8,10,16-17H,3,9,11-12H2,1-2H3,(H,27,30)(H,26,28,31)/t16-,17-/m0/s1. The van der Waals surface area contributed by atoms with E-state index < -0.39 is 36.0 Å². The van der Waals surface area contributed by atoms with Gasteiger partial charge in [-0.2, -0.15) is 0 Å². The van der Waals surface area contributed by atoms with Crippen LogP contribution >= 0.6 is 35.0 Å². The third-order valence-corrected chi connectivity index (χ3v) is 6.83. The zero-order valence-corrected chi connectivity index (χ0v) is 21.8. The average molecular weight is 555 g/mol. The molecule has 1 saturated heterocycles. The summed E-state index contributed by atoms with van der Waals surface area (Å²) in [6.07, 6.45) is 0.953. The lowest BCUT2D eigenvalue weighted by atomic mass is 10.1. The predicted octanol–water partition coefficient (Wildman–Crippen LogP) is 3.37. The Labute approximate surface area is 222 Å². The molecule has 2 N–H and O–H groups in total. The van der Waals surface area contributed by atoms with E-state index in [9.17, 15) is 19.2 Å². The van der Waals surface area contributed by atoms with Gasteiger partial charge in [0, 0.05) is 18.4 Å². The molecule has 0 saturated carbocycles. The Morgan fingerprint density at radius 3 is 2.53 bits per heavy atom. The molecule has 2 heterocycles. The number of amides is 3. The molecule has 36 heavy (non-hydrogen) atoms. The van der Waals surface area contributed by atoms with Crippen LogP contribution in [0, 0.1) is 0 Å². The average Bonchev–Trinajstić information content (AvgIpc) is 3.35. The van der Waals surface area contributed by atoms with Crippen molar-refractivity contribution >= 4 is 64.7 Å². The van der Waals surface area contributed by atoms with Crippen LogP contribution < -0.4 is 10.6 Å². The number of rotatable bonds is 8. The van der Waals surface area contributed by atoms with Gasteiger partial charge in [0.25, 0.3) is 5.91 Å². The molecule has 0 aliphatic carbocycles. The predicted molar refractivity (Wildman–Crippen MR) is 136 cm³/mol. The van der Waals surface area contributed by atoms with Gasteiger partial charge in [-0.3, -0.25) is 14.5 Å². The molecular formula is C23H24Cl2N4O6S. The Balaban J connectivity index is 1.66. The fourth-order valence-electron chi connectivity index (χ4n) is 3.40. The number of hydrogen-bond acceptors (Lipinski definition) is 8. The first-order valence-electron chi connectivity index (χ1n) is 10.8. The minimum Gasteiger partial charge on any atom is -0.467 e. The second-order valence-corrected chi connectivity index (χ2v) is 9.39. The number of methoxy groups -OCH3 is 1. The molecule has 1 aromatic carbocycles. The van der Waals surface area contributed by atoms with Gasteiger partial charge >= 0.3 is 12.1 Å². The molecule has 1 aromatic heterocycles. The first-order valence-corrected chi connectivity index (χ1v) is 12.8. The maximum atomic E-state index is 12.9. The van der Waals surface area contributed by atoms with Gasteiger partial charge in [-0.1, -0.05) is 35.3 Å². The number of carbonyl (C=O) groups is 4. The van der Waals surface area contributed by atoms with Crippen LogP contribution in [0.2, 0.25) is 10.0 Å². The van der Waals surface area contributed by atoms with Crippen LogP contribution in [0.15, 0.2) is 36.5 Å². The number of hydrogen-bond donors (Lipinski definition) is 2. The highest BCUT2D eigenvalue weighted by Crippen LogP contribution is 2.25. The Kier molecular flexibility index (Phi) is 9.80. The fraction of sp³-hybridized carbons (Fsp3) is 0.348. The van der Waals surface area contributed by atoms with E-state index in [1.807, 2.05) is 0 Å². The SMILES string of the molecule is CCOC(=O)N1CSC[C@H]1C(=O)N[C@@H](Cc1ccc(NC(=O)c2c(Cl)cccc2Cl)nc1)C(=O)OC. The number of benzene rings is 1. The minimum atomic E-state index is -1.01. The topological polar surface area (TPSA) is 127 Å². The number of pyridine rings is 1. The van der Waals surface area contributed by atoms with Gasteiger partial charge in [0.05, 0.1) is 35.2 Å². The summed E-state index contributed by atoms with van der Waals surface area (Å²) < 4.78 is 9.85. The van der Waals surface area contributed by atoms with Crippen molar-refractivity contribution in [2.75, 3.05) is 30.7 Å². The van der Waals surface area contributed by atoms with E-state index in [-0.39, 0.29) is 34.5 Å². The van der Waals surface area contributed by atoms with E-state index in [2.05, 4.69) is 15.6 Å². The number of aromatic nitrogens is 1. The Morgan fingerprint density at radius 2 is 1.92 bits per heavy atom. The summed E-state index contributed by atoms with van der Waals surface area (Å²) in [7, 11) is 1.22. The van der Waals surface area contributed by atoms with Crippen molar-refractivity contribution in [3.05, 3.63) is 57.7 Å². The van der Waals surface area contributed by atoms with Crippen molar-refractivity contribution in [3.63, 3.8) is 0 Å². The molecule has 13 heteroatoms. The molecule has 1 aliphatic heterocycles. The first-order chi connectivity index (χ1) is 17.2. The highest BCUT2D eigenvalue weighted by atomic mass is 35.5. The number of nitrogens with zero attached hydrogens (tertiary/aromatic N) is 2. The van der Waals surface area contributed by atoms with Crippen LogP contribution in [-0.2, 0) is 25.5 Å². The Hall–Kier alpha value is -3.02. The highest BCUT2D eigenvalue weighted by Gasteiger charge is 2.37. The molecular weight excluding hydrogens is 531 g/mol. The number of carbonyl (C=O) groups excluding carboxylic acids is 4. The molecule has 0 spiro atoms. The first kappa shape index (κ1) is 27.6. The largest absolute Gasteiger partial charge is 0.467 e. The lowest BCUT2D eigenvalue weighted by Gasteiger charge is -2.24. The third-order valence-electron chi connectivity index (χ3n) is 5.19. The summed E-state index contributed by atoms with van der Waals surface area (Å²) in [5, 5.41) is 5.69. The van der Waals surface area contributed by atoms with Gasteiger partial charge < -0.3 is 20.1 Å². The van der Waals surface area contributed by atoms with Crippen molar-refractivity contribution in [3.8, 4) is 0 Å². The molecule has 10 nitrogen and oxygen atoms in total. The molecule has 0 unspecified atom stereocenters. The van der Waals surface area contributed by atoms with Crippen LogP contribution in [0.3, 0.4) is 0 Å². The van der Waals surface area contributed by atoms with E-state index in [4.69, 9.17) is 32.7 Å². The van der Waals surface area contributed by atoms with Crippen molar-refractivity contribution in [2.24, 2.45) is 0 Å². The number of anilines is 1. The van der Waals surface area contributed by atoms with E-state index in [0.29, 0.717) is 17.2 Å². The summed E-state index contributed by atoms with van der Waals surface area (Å²) in [5.41, 5.74) is 0.727. The van der Waals surface area contributed by atoms with Gasteiger partial charge in [-0.15, -0.1) is 11.8 Å². The number of thioether (sulfide) groups is 1. The van der Waals surface area contributed by atoms with Crippen molar-refractivity contribution < 1.29 is 28.7 Å². The molecule has 2 aromatic rings. The highest BCUT2D eigenvalue weighted by molar-refractivity contribution is 7.99. The summed E-state index contributed by atoms with van der Waals surface area (Å²) in [4.78, 5) is 55.4. The van der Waals surface area contributed by atoms with E-state index in [1.54, 1.807) is 37.3 Å². The molecule has 1 fully saturated rings. The molecule has 0 radical (unpaired) electrons. The molecule has 0 bridgehead atoms. The zero-order valence-electron chi connectivity index (χ0n) is 19.5. The van der Waals surface area contributed by atoms with Gasteiger partial charge in [0.1, 0.15) is 17.9 Å². The smallest absolute Gasteiger partial charge is 0.411 e. The molecule has 3 amide bonds. The Bertz CT molecular complexity index is 1110. The number of nitrogens with one attached hydrogen (secondary N) is 2. The number of ether oxygens (including phenoxy) is 2. The molecule has 3 rings (SSSR count). The van der Waals surface area contributed by atoms with Crippen LogP contribution in [0.5, 0.6) is 0 Å². The van der Waals surface area contributed by atoms with Gasteiger partial charge in [0.2, 0.25) is 5.91 Å². The van der Waals surface area contributed by atoms with E-state index in [1.165, 1.54) is 30.0 Å². The quantitative estimate of drug-likeness (QED) is 0.475. The maximum Gasteiger partial charge on any atom is 0.411 e. The van der Waals surface area contributed by atoms with E-state index >= 15 is 0 Å². The number of esters is 1. The van der Waals surface area contributed by atoms with Gasteiger partial charge in [-0.05, 0) is 30.7 Å². The normalized spacial score (nSPS) is 15.7. The monoisotopic (exact) mass is 554 g/mol. The second-order valence-electron chi connectivity index (χ2n) is 7.58. The fourth-order valence-corrected chi connectivity index (χ4v) is 5.11. The van der Waals surface area contributed by atoms with Gasteiger partial charge in [-0.25, -0.2) is 14.6 Å². The van der Waals surface area contributed by atoms with Gasteiger partial charge in [0.15, 0.2) is 0 Å². The lowest BCUT2D eigenvalue weighted by molar-refractivity contribution is -0.145. The summed E-state index contributed by atoms with van der Waals surface area (Å²) in [6.45, 7) is 1.87. The molecule has 2 atom stereocenters. The van der Waals surface area contributed by atoms with Crippen molar-refractivity contribution in [2.45, 2.75) is 25.4 Å². The molecule has 1 aliphatic rings. The lowest BCUT2D eigenvalue weighted by Crippen LogP contribution is -2.52. The van der Waals surface area contributed by atoms with Crippen LogP contribution in [0.25, 0.3) is 0 Å². The maximum absolute atomic E-state index is 12.9. The summed E-state index contributed by atoms with van der Waals surface area (Å²) in [5.74, 6) is -0.725. The third kappa shape index (κ3) is 6.80.